The van der Waals surface area contributed by atoms with Crippen molar-refractivity contribution in [1.29, 1.82) is 0 Å². The second-order valence-electron chi connectivity index (χ2n) is 3.03. The van der Waals surface area contributed by atoms with Gasteiger partial charge in [-0.25, -0.2) is 4.79 Å². The average molecular weight is 229 g/mol. The molecule has 1 amide bonds. The highest BCUT2D eigenvalue weighted by molar-refractivity contribution is 6.31. The molecule has 1 rings (SSSR count). The minimum absolute atomic E-state index is 0.311. The minimum Gasteiger partial charge on any atom is -0.450 e. The molecule has 0 saturated heterocycles. The number of benzene rings is 1. The van der Waals surface area contributed by atoms with E-state index in [9.17, 15) is 4.79 Å². The van der Waals surface area contributed by atoms with Crippen LogP contribution in [0, 0.1) is 6.92 Å². The van der Waals surface area contributed by atoms with Crippen molar-refractivity contribution >= 4 is 29.1 Å². The lowest BCUT2D eigenvalue weighted by molar-refractivity contribution is 0.168. The highest BCUT2D eigenvalue weighted by Crippen LogP contribution is 2.27. The van der Waals surface area contributed by atoms with Gasteiger partial charge in [0.15, 0.2) is 0 Å². The molecule has 0 atom stereocenters. The average Bonchev–Trinajstić information content (AvgIpc) is 2.13. The standard InChI is InChI=1S/C10H13ClN2O2/c1-3-15-10(14)13-8-5-7(11)4-6(2)9(8)12/h4-5H,3,12H2,1-2H3,(H,13,14). The Morgan fingerprint density at radius 1 is 1.60 bits per heavy atom. The third-order valence-electron chi connectivity index (χ3n) is 1.86. The van der Waals surface area contributed by atoms with Gasteiger partial charge in [0.1, 0.15) is 0 Å². The third-order valence-corrected chi connectivity index (χ3v) is 2.08. The summed E-state index contributed by atoms with van der Waals surface area (Å²) >= 11 is 5.83. The number of hydrogen-bond acceptors (Lipinski definition) is 3. The molecule has 0 aliphatic carbocycles. The first kappa shape index (κ1) is 11.7. The van der Waals surface area contributed by atoms with Crippen LogP contribution in [-0.4, -0.2) is 12.7 Å². The monoisotopic (exact) mass is 228 g/mol. The number of carbonyl (C=O) groups excluding carboxylic acids is 1. The Hall–Kier alpha value is -1.42. The molecular weight excluding hydrogens is 216 g/mol. The number of aryl methyl sites for hydroxylation is 1. The van der Waals surface area contributed by atoms with Crippen LogP contribution >= 0.6 is 11.6 Å². The molecule has 0 radical (unpaired) electrons. The number of nitrogens with one attached hydrogen (secondary N) is 1. The van der Waals surface area contributed by atoms with Gasteiger partial charge in [0, 0.05) is 5.02 Å². The van der Waals surface area contributed by atoms with Crippen molar-refractivity contribution < 1.29 is 9.53 Å². The quantitative estimate of drug-likeness (QED) is 0.765. The zero-order valence-corrected chi connectivity index (χ0v) is 9.39. The Morgan fingerprint density at radius 2 is 2.27 bits per heavy atom. The topological polar surface area (TPSA) is 64.3 Å². The van der Waals surface area contributed by atoms with Crippen LogP contribution in [0.3, 0.4) is 0 Å². The molecule has 0 aliphatic heterocycles. The number of ether oxygens (including phenoxy) is 1. The summed E-state index contributed by atoms with van der Waals surface area (Å²) in [6.45, 7) is 3.86. The maximum atomic E-state index is 11.2. The van der Waals surface area contributed by atoms with E-state index in [0.29, 0.717) is 23.0 Å². The summed E-state index contributed by atoms with van der Waals surface area (Å²) in [7, 11) is 0. The van der Waals surface area contributed by atoms with Gasteiger partial charge in [-0.2, -0.15) is 0 Å². The number of nitrogen functional groups attached to an aromatic ring is 1. The van der Waals surface area contributed by atoms with E-state index in [4.69, 9.17) is 22.1 Å². The molecule has 0 fully saturated rings. The molecule has 3 N–H and O–H groups in total. The number of hydrogen-bond donors (Lipinski definition) is 2. The summed E-state index contributed by atoms with van der Waals surface area (Å²) in [5.41, 5.74) is 7.54. The molecule has 0 heterocycles. The van der Waals surface area contributed by atoms with Crippen molar-refractivity contribution in [3.8, 4) is 0 Å². The second kappa shape index (κ2) is 4.89. The Bertz CT molecular complexity index is 380. The molecule has 82 valence electrons. The summed E-state index contributed by atoms with van der Waals surface area (Å²) in [6.07, 6.45) is -0.536. The highest BCUT2D eigenvalue weighted by atomic mass is 35.5. The van der Waals surface area contributed by atoms with Gasteiger partial charge in [0.05, 0.1) is 18.0 Å². The van der Waals surface area contributed by atoms with E-state index in [-0.39, 0.29) is 0 Å². The maximum Gasteiger partial charge on any atom is 0.411 e. The van der Waals surface area contributed by atoms with Gasteiger partial charge in [-0.05, 0) is 31.5 Å². The van der Waals surface area contributed by atoms with E-state index < -0.39 is 6.09 Å². The number of carbonyl (C=O) groups is 1. The van der Waals surface area contributed by atoms with Crippen LogP contribution in [-0.2, 0) is 4.74 Å². The SMILES string of the molecule is CCOC(=O)Nc1cc(Cl)cc(C)c1N. The smallest absolute Gasteiger partial charge is 0.411 e. The van der Waals surface area contributed by atoms with E-state index in [1.165, 1.54) is 0 Å². The van der Waals surface area contributed by atoms with Gasteiger partial charge < -0.3 is 10.5 Å². The number of rotatable bonds is 2. The van der Waals surface area contributed by atoms with E-state index in [1.54, 1.807) is 19.1 Å². The summed E-state index contributed by atoms with van der Waals surface area (Å²) in [4.78, 5) is 11.2. The summed E-state index contributed by atoms with van der Waals surface area (Å²) in [6, 6.07) is 3.31. The maximum absolute atomic E-state index is 11.2. The van der Waals surface area contributed by atoms with Crippen LogP contribution in [0.1, 0.15) is 12.5 Å². The normalized spacial score (nSPS) is 9.80. The van der Waals surface area contributed by atoms with E-state index in [2.05, 4.69) is 5.32 Å². The van der Waals surface area contributed by atoms with Crippen LogP contribution in [0.25, 0.3) is 0 Å². The third kappa shape index (κ3) is 3.02. The lowest BCUT2D eigenvalue weighted by atomic mass is 10.2. The molecule has 1 aromatic carbocycles. The van der Waals surface area contributed by atoms with E-state index >= 15 is 0 Å². The molecule has 0 unspecified atom stereocenters. The van der Waals surface area contributed by atoms with Crippen LogP contribution in [0.5, 0.6) is 0 Å². The van der Waals surface area contributed by atoms with E-state index in [0.717, 1.165) is 5.56 Å². The van der Waals surface area contributed by atoms with E-state index in [1.807, 2.05) is 6.92 Å². The number of amides is 1. The predicted molar refractivity (Wildman–Crippen MR) is 61.2 cm³/mol. The van der Waals surface area contributed by atoms with Crippen LogP contribution in [0.15, 0.2) is 12.1 Å². The second-order valence-corrected chi connectivity index (χ2v) is 3.47. The summed E-state index contributed by atoms with van der Waals surface area (Å²) in [5.74, 6) is 0. The summed E-state index contributed by atoms with van der Waals surface area (Å²) < 4.78 is 4.73. The molecule has 0 spiro atoms. The first-order valence-corrected chi connectivity index (χ1v) is 4.91. The predicted octanol–water partition coefficient (Wildman–Crippen LogP) is 2.80. The van der Waals surface area contributed by atoms with Crippen LogP contribution in [0.4, 0.5) is 16.2 Å². The van der Waals surface area contributed by atoms with Gasteiger partial charge in [-0.3, -0.25) is 5.32 Å². The lowest BCUT2D eigenvalue weighted by Gasteiger charge is -2.10. The number of halogens is 1. The van der Waals surface area contributed by atoms with Crippen molar-refractivity contribution in [3.05, 3.63) is 22.7 Å². The summed E-state index contributed by atoms with van der Waals surface area (Å²) in [5, 5.41) is 3.04. The highest BCUT2D eigenvalue weighted by Gasteiger charge is 2.08. The molecule has 0 bridgehead atoms. The molecular formula is C10H13ClN2O2. The van der Waals surface area contributed by atoms with Gasteiger partial charge in [-0.15, -0.1) is 0 Å². The molecule has 0 saturated carbocycles. The van der Waals surface area contributed by atoms with Crippen LogP contribution < -0.4 is 11.1 Å². The van der Waals surface area contributed by atoms with Gasteiger partial charge in [-0.1, -0.05) is 11.6 Å². The Labute approximate surface area is 93.4 Å². The van der Waals surface area contributed by atoms with Crippen LogP contribution in [0.2, 0.25) is 5.02 Å². The van der Waals surface area contributed by atoms with Gasteiger partial charge in [0.25, 0.3) is 0 Å². The Balaban J connectivity index is 2.89. The first-order chi connectivity index (χ1) is 7.04. The van der Waals surface area contributed by atoms with Crippen molar-refractivity contribution in [1.82, 2.24) is 0 Å². The first-order valence-electron chi connectivity index (χ1n) is 4.54. The van der Waals surface area contributed by atoms with Crippen molar-refractivity contribution in [2.75, 3.05) is 17.7 Å². The zero-order valence-electron chi connectivity index (χ0n) is 8.63. The molecule has 0 aromatic heterocycles. The number of nitrogens with two attached hydrogens (primary N) is 1. The fourth-order valence-corrected chi connectivity index (χ4v) is 1.41. The molecule has 1 aromatic rings. The molecule has 5 heteroatoms. The Morgan fingerprint density at radius 3 is 2.87 bits per heavy atom. The van der Waals surface area contributed by atoms with Crippen molar-refractivity contribution in [2.45, 2.75) is 13.8 Å². The van der Waals surface area contributed by atoms with Gasteiger partial charge >= 0.3 is 6.09 Å². The molecule has 4 nitrogen and oxygen atoms in total. The minimum atomic E-state index is -0.536. The fraction of sp³-hybridized carbons (Fsp3) is 0.300. The van der Waals surface area contributed by atoms with Gasteiger partial charge in [0.2, 0.25) is 0 Å². The zero-order chi connectivity index (χ0) is 11.4. The number of anilines is 2. The Kier molecular flexibility index (Phi) is 3.80. The largest absolute Gasteiger partial charge is 0.450 e. The molecule has 0 aliphatic rings. The fourth-order valence-electron chi connectivity index (χ4n) is 1.13. The van der Waals surface area contributed by atoms with Crippen molar-refractivity contribution in [3.63, 3.8) is 0 Å². The molecule has 15 heavy (non-hydrogen) atoms. The van der Waals surface area contributed by atoms with Crippen molar-refractivity contribution in [2.24, 2.45) is 0 Å². The lowest BCUT2D eigenvalue weighted by Crippen LogP contribution is -2.14.